The molecule has 1 N–H and O–H groups in total. The predicted octanol–water partition coefficient (Wildman–Crippen LogP) is 3.48. The van der Waals surface area contributed by atoms with Gasteiger partial charge in [-0.3, -0.25) is 0 Å². The molecule has 0 spiro atoms. The number of hydrogen-bond donors (Lipinski definition) is 1. The first kappa shape index (κ1) is 14.0. The van der Waals surface area contributed by atoms with Gasteiger partial charge in [0.15, 0.2) is 0 Å². The van der Waals surface area contributed by atoms with E-state index in [1.165, 1.54) is 38.6 Å². The van der Waals surface area contributed by atoms with E-state index >= 15 is 0 Å². The highest BCUT2D eigenvalue weighted by Crippen LogP contribution is 2.22. The van der Waals surface area contributed by atoms with Crippen LogP contribution >= 0.6 is 0 Å². The summed E-state index contributed by atoms with van der Waals surface area (Å²) in [6.07, 6.45) is 7.32. The van der Waals surface area contributed by atoms with Gasteiger partial charge in [-0.25, -0.2) is 0 Å². The average Bonchev–Trinajstić information content (AvgIpc) is 2.42. The maximum absolute atomic E-state index is 4.91. The van der Waals surface area contributed by atoms with Crippen LogP contribution in [0.25, 0.3) is 0 Å². The van der Waals surface area contributed by atoms with Crippen LogP contribution in [0.4, 0.5) is 0 Å². The molecule has 2 heteroatoms. The minimum atomic E-state index is 0.910. The lowest BCUT2D eigenvalue weighted by Gasteiger charge is -2.20. The first-order valence-electron chi connectivity index (χ1n) is 6.60. The van der Waals surface area contributed by atoms with Crippen molar-refractivity contribution in [1.29, 1.82) is 0 Å². The van der Waals surface area contributed by atoms with E-state index in [4.69, 9.17) is 4.74 Å². The van der Waals surface area contributed by atoms with Gasteiger partial charge in [-0.1, -0.05) is 37.5 Å². The van der Waals surface area contributed by atoms with Crippen LogP contribution in [0, 0.1) is 5.92 Å². The van der Waals surface area contributed by atoms with Crippen LogP contribution in [-0.4, -0.2) is 20.7 Å². The number of benzene rings is 1. The Hall–Kier alpha value is -1.02. The first-order chi connectivity index (χ1) is 8.36. The fourth-order valence-corrected chi connectivity index (χ4v) is 2.24. The second-order valence-corrected chi connectivity index (χ2v) is 4.58. The lowest BCUT2D eigenvalue weighted by atomic mass is 9.89. The third-order valence-electron chi connectivity index (χ3n) is 3.20. The molecule has 1 aliphatic carbocycles. The Bertz CT molecular complexity index is 265. The molecular formula is C15H25NO. The van der Waals surface area contributed by atoms with Crippen molar-refractivity contribution < 1.29 is 4.74 Å². The third kappa shape index (κ3) is 6.32. The SMILES string of the molecule is CNCC1CCCCC1.COc1ccccc1. The van der Waals surface area contributed by atoms with Crippen LogP contribution in [0.2, 0.25) is 0 Å². The van der Waals surface area contributed by atoms with Crippen LogP contribution in [0.3, 0.4) is 0 Å². The van der Waals surface area contributed by atoms with Gasteiger partial charge in [0.2, 0.25) is 0 Å². The van der Waals surface area contributed by atoms with E-state index in [0.29, 0.717) is 0 Å². The van der Waals surface area contributed by atoms with Crippen molar-refractivity contribution in [3.8, 4) is 5.75 Å². The van der Waals surface area contributed by atoms with E-state index in [2.05, 4.69) is 12.4 Å². The minimum absolute atomic E-state index is 0.910. The summed E-state index contributed by atoms with van der Waals surface area (Å²) in [5, 5.41) is 3.24. The number of para-hydroxylation sites is 1. The molecule has 0 unspecified atom stereocenters. The molecule has 1 aliphatic rings. The van der Waals surface area contributed by atoms with Crippen molar-refractivity contribution in [3.05, 3.63) is 30.3 Å². The Morgan fingerprint density at radius 2 is 1.76 bits per heavy atom. The Morgan fingerprint density at radius 3 is 2.24 bits per heavy atom. The summed E-state index contributed by atoms with van der Waals surface area (Å²) in [4.78, 5) is 0. The van der Waals surface area contributed by atoms with Gasteiger partial charge in [-0.15, -0.1) is 0 Å². The molecule has 1 fully saturated rings. The molecule has 0 bridgehead atoms. The molecule has 0 radical (unpaired) electrons. The lowest BCUT2D eigenvalue weighted by molar-refractivity contribution is 0.350. The van der Waals surface area contributed by atoms with Crippen molar-refractivity contribution >= 4 is 0 Å². The van der Waals surface area contributed by atoms with Crippen LogP contribution in [0.15, 0.2) is 30.3 Å². The van der Waals surface area contributed by atoms with Gasteiger partial charge in [0.1, 0.15) is 5.75 Å². The van der Waals surface area contributed by atoms with E-state index in [1.54, 1.807) is 7.11 Å². The summed E-state index contributed by atoms with van der Waals surface area (Å²) >= 11 is 0. The second kappa shape index (κ2) is 9.06. The molecule has 1 saturated carbocycles. The normalized spacial score (nSPS) is 15.9. The summed E-state index contributed by atoms with van der Waals surface area (Å²) in [7, 11) is 3.71. The van der Waals surface area contributed by atoms with E-state index in [-0.39, 0.29) is 0 Å². The molecule has 17 heavy (non-hydrogen) atoms. The lowest BCUT2D eigenvalue weighted by Crippen LogP contribution is -2.20. The molecule has 1 aromatic carbocycles. The van der Waals surface area contributed by atoms with E-state index in [9.17, 15) is 0 Å². The van der Waals surface area contributed by atoms with Gasteiger partial charge >= 0.3 is 0 Å². The van der Waals surface area contributed by atoms with E-state index in [0.717, 1.165) is 11.7 Å². The Morgan fingerprint density at radius 1 is 1.12 bits per heavy atom. The van der Waals surface area contributed by atoms with E-state index in [1.807, 2.05) is 30.3 Å². The largest absolute Gasteiger partial charge is 0.497 e. The van der Waals surface area contributed by atoms with Crippen molar-refractivity contribution in [1.82, 2.24) is 5.32 Å². The Kier molecular flexibility index (Phi) is 7.48. The monoisotopic (exact) mass is 235 g/mol. The van der Waals surface area contributed by atoms with Crippen molar-refractivity contribution in [2.45, 2.75) is 32.1 Å². The molecule has 0 amide bonds. The van der Waals surface area contributed by atoms with Crippen molar-refractivity contribution in [2.75, 3.05) is 20.7 Å². The van der Waals surface area contributed by atoms with Crippen LogP contribution in [0.1, 0.15) is 32.1 Å². The summed E-state index contributed by atoms with van der Waals surface area (Å²) in [5.74, 6) is 1.90. The fourth-order valence-electron chi connectivity index (χ4n) is 2.24. The van der Waals surface area contributed by atoms with Gasteiger partial charge in [0.25, 0.3) is 0 Å². The fraction of sp³-hybridized carbons (Fsp3) is 0.600. The Labute approximate surface area is 105 Å². The van der Waals surface area contributed by atoms with Gasteiger partial charge < -0.3 is 10.1 Å². The van der Waals surface area contributed by atoms with Gasteiger partial charge in [0.05, 0.1) is 7.11 Å². The maximum atomic E-state index is 4.91. The maximum Gasteiger partial charge on any atom is 0.118 e. The average molecular weight is 235 g/mol. The zero-order chi connectivity index (χ0) is 12.3. The number of ether oxygens (including phenoxy) is 1. The zero-order valence-corrected chi connectivity index (χ0v) is 11.1. The van der Waals surface area contributed by atoms with Gasteiger partial charge in [-0.2, -0.15) is 0 Å². The highest BCUT2D eigenvalue weighted by Gasteiger charge is 2.11. The molecule has 2 rings (SSSR count). The quantitative estimate of drug-likeness (QED) is 0.866. The number of rotatable bonds is 3. The molecule has 0 saturated heterocycles. The van der Waals surface area contributed by atoms with Crippen LogP contribution in [0.5, 0.6) is 5.75 Å². The minimum Gasteiger partial charge on any atom is -0.497 e. The molecule has 1 aromatic rings. The zero-order valence-electron chi connectivity index (χ0n) is 11.1. The molecule has 2 nitrogen and oxygen atoms in total. The highest BCUT2D eigenvalue weighted by molar-refractivity contribution is 5.20. The predicted molar refractivity (Wildman–Crippen MR) is 73.5 cm³/mol. The van der Waals surface area contributed by atoms with Crippen molar-refractivity contribution in [3.63, 3.8) is 0 Å². The van der Waals surface area contributed by atoms with Crippen LogP contribution in [-0.2, 0) is 0 Å². The van der Waals surface area contributed by atoms with E-state index < -0.39 is 0 Å². The van der Waals surface area contributed by atoms with Crippen molar-refractivity contribution in [2.24, 2.45) is 5.92 Å². The first-order valence-corrected chi connectivity index (χ1v) is 6.60. The highest BCUT2D eigenvalue weighted by atomic mass is 16.5. The summed E-state index contributed by atoms with van der Waals surface area (Å²) in [6.45, 7) is 1.24. The Balaban J connectivity index is 0.000000171. The summed E-state index contributed by atoms with van der Waals surface area (Å²) in [5.41, 5.74) is 0. The number of nitrogens with one attached hydrogen (secondary N) is 1. The topological polar surface area (TPSA) is 21.3 Å². The molecule has 0 aromatic heterocycles. The summed E-state index contributed by atoms with van der Waals surface area (Å²) in [6, 6.07) is 9.68. The second-order valence-electron chi connectivity index (χ2n) is 4.58. The standard InChI is InChI=1S/C8H17N.C7H8O/c1-9-7-8-5-3-2-4-6-8;1-8-7-5-3-2-4-6-7/h8-9H,2-7H2,1H3;2-6H,1H3. The number of hydrogen-bond acceptors (Lipinski definition) is 2. The summed E-state index contributed by atoms with van der Waals surface area (Å²) < 4.78 is 4.91. The van der Waals surface area contributed by atoms with Gasteiger partial charge in [0, 0.05) is 0 Å². The molecule has 0 aliphatic heterocycles. The number of methoxy groups -OCH3 is 1. The van der Waals surface area contributed by atoms with Gasteiger partial charge in [-0.05, 0) is 44.5 Å². The molecule has 96 valence electrons. The smallest absolute Gasteiger partial charge is 0.118 e. The third-order valence-corrected chi connectivity index (χ3v) is 3.20. The van der Waals surface area contributed by atoms with Crippen LogP contribution < -0.4 is 10.1 Å². The molecule has 0 atom stereocenters. The molecular weight excluding hydrogens is 210 g/mol. The molecule has 0 heterocycles.